The summed E-state index contributed by atoms with van der Waals surface area (Å²) in [5.74, 6) is -0.237. The molecule has 2 aromatic rings. The molecular weight excluding hydrogens is 293 g/mol. The molecule has 1 aliphatic heterocycles. The van der Waals surface area contributed by atoms with E-state index in [-0.39, 0.29) is 17.9 Å². The van der Waals surface area contributed by atoms with E-state index in [1.54, 1.807) is 12.1 Å². The SMILES string of the molecule is CN(Cc1cccc(C2NNNC2C#N)c1)c1ccc(F)cc1. The predicted octanol–water partition coefficient (Wildman–Crippen LogP) is 2.01. The zero-order valence-corrected chi connectivity index (χ0v) is 12.8. The first-order valence-electron chi connectivity index (χ1n) is 7.38. The molecule has 0 spiro atoms. The standard InChI is InChI=1S/C17H18FN5/c1-23(15-7-5-14(18)6-8-15)11-12-3-2-4-13(9-12)17-16(10-19)20-22-21-17/h2-9,16-17,20-22H,11H2,1H3. The van der Waals surface area contributed by atoms with Gasteiger partial charge in [0.2, 0.25) is 0 Å². The Morgan fingerprint density at radius 3 is 2.70 bits per heavy atom. The molecule has 118 valence electrons. The van der Waals surface area contributed by atoms with Crippen LogP contribution in [0.3, 0.4) is 0 Å². The van der Waals surface area contributed by atoms with Gasteiger partial charge in [0.1, 0.15) is 11.9 Å². The molecule has 3 N–H and O–H groups in total. The molecule has 0 aliphatic carbocycles. The molecular formula is C17H18FN5. The zero-order chi connectivity index (χ0) is 16.2. The third kappa shape index (κ3) is 3.48. The van der Waals surface area contributed by atoms with Gasteiger partial charge in [-0.15, -0.1) is 0 Å². The maximum atomic E-state index is 13.0. The summed E-state index contributed by atoms with van der Waals surface area (Å²) in [6.07, 6.45) is 0. The summed E-state index contributed by atoms with van der Waals surface area (Å²) in [4.78, 5) is 2.05. The summed E-state index contributed by atoms with van der Waals surface area (Å²) >= 11 is 0. The van der Waals surface area contributed by atoms with Gasteiger partial charge in [-0.25, -0.2) is 15.2 Å². The van der Waals surface area contributed by atoms with E-state index in [4.69, 9.17) is 5.26 Å². The van der Waals surface area contributed by atoms with Crippen molar-refractivity contribution in [3.8, 4) is 6.07 Å². The van der Waals surface area contributed by atoms with Gasteiger partial charge >= 0.3 is 0 Å². The first kappa shape index (κ1) is 15.4. The Bertz CT molecular complexity index is 710. The van der Waals surface area contributed by atoms with Crippen molar-refractivity contribution in [2.45, 2.75) is 18.6 Å². The number of benzene rings is 2. The quantitative estimate of drug-likeness (QED) is 0.806. The van der Waals surface area contributed by atoms with Gasteiger partial charge in [-0.1, -0.05) is 24.3 Å². The van der Waals surface area contributed by atoms with Crippen LogP contribution in [0.4, 0.5) is 10.1 Å². The second-order valence-corrected chi connectivity index (χ2v) is 5.58. The van der Waals surface area contributed by atoms with Crippen LogP contribution in [0.25, 0.3) is 0 Å². The molecule has 2 atom stereocenters. The lowest BCUT2D eigenvalue weighted by Crippen LogP contribution is -2.32. The van der Waals surface area contributed by atoms with Crippen molar-refractivity contribution >= 4 is 5.69 Å². The highest BCUT2D eigenvalue weighted by Crippen LogP contribution is 2.21. The third-order valence-electron chi connectivity index (χ3n) is 3.93. The van der Waals surface area contributed by atoms with Crippen molar-refractivity contribution in [1.29, 1.82) is 5.26 Å². The van der Waals surface area contributed by atoms with Crippen LogP contribution in [-0.4, -0.2) is 13.1 Å². The summed E-state index contributed by atoms with van der Waals surface area (Å²) in [5, 5.41) is 9.15. The van der Waals surface area contributed by atoms with Crippen molar-refractivity contribution in [2.75, 3.05) is 11.9 Å². The topological polar surface area (TPSA) is 63.1 Å². The molecule has 2 aromatic carbocycles. The Morgan fingerprint density at radius 1 is 1.17 bits per heavy atom. The van der Waals surface area contributed by atoms with Gasteiger partial charge in [0, 0.05) is 19.3 Å². The minimum Gasteiger partial charge on any atom is -0.370 e. The molecule has 1 fully saturated rings. The monoisotopic (exact) mass is 311 g/mol. The average molecular weight is 311 g/mol. The van der Waals surface area contributed by atoms with Gasteiger partial charge in [-0.3, -0.25) is 0 Å². The summed E-state index contributed by atoms with van der Waals surface area (Å²) < 4.78 is 13.0. The molecule has 0 bridgehead atoms. The van der Waals surface area contributed by atoms with Crippen LogP contribution in [0, 0.1) is 17.1 Å². The van der Waals surface area contributed by atoms with Crippen LogP contribution in [0.15, 0.2) is 48.5 Å². The Hall–Kier alpha value is -2.46. The Balaban J connectivity index is 1.75. The first-order valence-corrected chi connectivity index (χ1v) is 7.38. The molecule has 0 aromatic heterocycles. The molecule has 1 saturated heterocycles. The van der Waals surface area contributed by atoms with Crippen molar-refractivity contribution in [3.05, 3.63) is 65.5 Å². The zero-order valence-electron chi connectivity index (χ0n) is 12.8. The highest BCUT2D eigenvalue weighted by molar-refractivity contribution is 5.46. The highest BCUT2D eigenvalue weighted by atomic mass is 19.1. The fourth-order valence-corrected chi connectivity index (χ4v) is 2.69. The number of nitrogens with one attached hydrogen (secondary N) is 3. The second-order valence-electron chi connectivity index (χ2n) is 5.58. The van der Waals surface area contributed by atoms with E-state index < -0.39 is 0 Å². The average Bonchev–Trinajstić information content (AvgIpc) is 3.04. The second kappa shape index (κ2) is 6.75. The van der Waals surface area contributed by atoms with Crippen molar-refractivity contribution in [3.63, 3.8) is 0 Å². The molecule has 23 heavy (non-hydrogen) atoms. The van der Waals surface area contributed by atoms with E-state index >= 15 is 0 Å². The predicted molar refractivity (Wildman–Crippen MR) is 86.5 cm³/mol. The normalized spacial score (nSPS) is 20.2. The largest absolute Gasteiger partial charge is 0.370 e. The molecule has 1 aliphatic rings. The van der Waals surface area contributed by atoms with Crippen molar-refractivity contribution in [2.24, 2.45) is 0 Å². The van der Waals surface area contributed by atoms with Gasteiger partial charge in [-0.2, -0.15) is 10.8 Å². The van der Waals surface area contributed by atoms with Crippen molar-refractivity contribution in [1.82, 2.24) is 16.4 Å². The molecule has 2 unspecified atom stereocenters. The molecule has 0 radical (unpaired) electrons. The number of rotatable bonds is 4. The third-order valence-corrected chi connectivity index (χ3v) is 3.93. The molecule has 1 heterocycles. The van der Waals surface area contributed by atoms with Crippen molar-refractivity contribution < 1.29 is 4.39 Å². The van der Waals surface area contributed by atoms with Gasteiger partial charge in [0.25, 0.3) is 0 Å². The van der Waals surface area contributed by atoms with Crippen LogP contribution in [0.1, 0.15) is 17.2 Å². The Morgan fingerprint density at radius 2 is 1.96 bits per heavy atom. The lowest BCUT2D eigenvalue weighted by molar-refractivity contribution is 0.555. The number of hydrogen-bond acceptors (Lipinski definition) is 5. The van der Waals surface area contributed by atoms with Crippen LogP contribution < -0.4 is 21.3 Å². The molecule has 0 amide bonds. The van der Waals surface area contributed by atoms with E-state index in [1.807, 2.05) is 25.2 Å². The number of hydrogen-bond donors (Lipinski definition) is 3. The van der Waals surface area contributed by atoms with E-state index in [1.165, 1.54) is 12.1 Å². The number of nitrogens with zero attached hydrogens (tertiary/aromatic N) is 2. The summed E-state index contributed by atoms with van der Waals surface area (Å²) in [7, 11) is 1.97. The summed E-state index contributed by atoms with van der Waals surface area (Å²) in [6, 6.07) is 16.3. The maximum Gasteiger partial charge on any atom is 0.130 e. The Kier molecular flexibility index (Phi) is 4.53. The maximum absolute atomic E-state index is 13.0. The van der Waals surface area contributed by atoms with Crippen LogP contribution >= 0.6 is 0 Å². The molecule has 0 saturated carbocycles. The van der Waals surface area contributed by atoms with Gasteiger partial charge in [0.05, 0.1) is 12.1 Å². The van der Waals surface area contributed by atoms with Crippen LogP contribution in [-0.2, 0) is 6.54 Å². The van der Waals surface area contributed by atoms with Crippen LogP contribution in [0.5, 0.6) is 0 Å². The first-order chi connectivity index (χ1) is 11.2. The number of anilines is 1. The lowest BCUT2D eigenvalue weighted by Gasteiger charge is -2.20. The lowest BCUT2D eigenvalue weighted by atomic mass is 9.99. The van der Waals surface area contributed by atoms with E-state index in [9.17, 15) is 4.39 Å². The molecule has 6 heteroatoms. The number of hydrazine groups is 2. The fourth-order valence-electron chi connectivity index (χ4n) is 2.69. The summed E-state index contributed by atoms with van der Waals surface area (Å²) in [5.41, 5.74) is 11.8. The highest BCUT2D eigenvalue weighted by Gasteiger charge is 2.27. The van der Waals surface area contributed by atoms with Gasteiger partial charge < -0.3 is 4.90 Å². The Labute approximate surface area is 134 Å². The minimum absolute atomic E-state index is 0.101. The number of halogens is 1. The smallest absolute Gasteiger partial charge is 0.130 e. The number of nitriles is 1. The summed E-state index contributed by atoms with van der Waals surface area (Å²) in [6.45, 7) is 0.699. The minimum atomic E-state index is -0.319. The van der Waals surface area contributed by atoms with Gasteiger partial charge in [0.15, 0.2) is 0 Å². The van der Waals surface area contributed by atoms with E-state index in [2.05, 4.69) is 33.4 Å². The molecule has 3 rings (SSSR count). The fraction of sp³-hybridized carbons (Fsp3) is 0.235. The van der Waals surface area contributed by atoms with Gasteiger partial charge in [-0.05, 0) is 35.4 Å². The van der Waals surface area contributed by atoms with E-state index in [0.717, 1.165) is 16.8 Å². The molecule has 5 nitrogen and oxygen atoms in total. The van der Waals surface area contributed by atoms with Crippen LogP contribution in [0.2, 0.25) is 0 Å². The van der Waals surface area contributed by atoms with E-state index in [0.29, 0.717) is 6.54 Å².